The maximum atomic E-state index is 13.0. The normalized spacial score (nSPS) is 20.5. The van der Waals surface area contributed by atoms with Crippen LogP contribution in [0.25, 0.3) is 0 Å². The highest BCUT2D eigenvalue weighted by atomic mass is 31.2. The van der Waals surface area contributed by atoms with Gasteiger partial charge in [-0.15, -0.1) is 0 Å². The molecule has 0 spiro atoms. The summed E-state index contributed by atoms with van der Waals surface area (Å²) in [5.41, 5.74) is 0. The molecule has 1 unspecified atom stereocenters. The molecule has 0 aromatic carbocycles. The van der Waals surface area contributed by atoms with Crippen LogP contribution in [-0.2, 0) is 23.2 Å². The largest absolute Gasteiger partial charge is 0.472 e. The molecule has 5 N–H and O–H groups in total. The SMILES string of the molecule is CCCCCCCCCCCCCCC[C@@H](O)[C@H](COP(=O)(O)OCC[N+](C)(C)C)NC(=O)CCCCCC[C@H]1[C@@H](O)CC(=O)[C@@H]1/C=C/[C@@H](O)CCCCC. The summed E-state index contributed by atoms with van der Waals surface area (Å²) in [6, 6.07) is -0.844. The van der Waals surface area contributed by atoms with Crippen molar-refractivity contribution in [3.05, 3.63) is 12.2 Å². The highest BCUT2D eigenvalue weighted by Gasteiger charge is 2.39. The van der Waals surface area contributed by atoms with Crippen molar-refractivity contribution in [1.82, 2.24) is 5.32 Å². The first-order valence-corrected chi connectivity index (χ1v) is 23.7. The predicted octanol–water partition coefficient (Wildman–Crippen LogP) is 8.56. The van der Waals surface area contributed by atoms with Crippen LogP contribution >= 0.6 is 7.82 Å². The molecule has 1 saturated carbocycles. The number of carbonyl (C=O) groups excluding carboxylic acids is 2. The van der Waals surface area contributed by atoms with Crippen molar-refractivity contribution in [3.63, 3.8) is 0 Å². The molecule has 1 rings (SSSR count). The van der Waals surface area contributed by atoms with E-state index in [0.717, 1.165) is 57.8 Å². The number of allylic oxidation sites excluding steroid dienone is 1. The summed E-state index contributed by atoms with van der Waals surface area (Å²) in [7, 11) is 1.47. The number of Topliss-reactive ketones (excluding diaryl/α,β-unsaturated/α-hetero) is 1. The summed E-state index contributed by atoms with van der Waals surface area (Å²) in [6.07, 6.45) is 25.5. The number of phosphoric acid groups is 1. The number of quaternary nitrogens is 1. The number of aliphatic hydroxyl groups excluding tert-OH is 3. The van der Waals surface area contributed by atoms with Crippen molar-refractivity contribution in [2.45, 2.75) is 199 Å². The molecule has 1 amide bonds. The number of rotatable bonds is 36. The lowest BCUT2D eigenvalue weighted by atomic mass is 9.88. The summed E-state index contributed by atoms with van der Waals surface area (Å²) in [6.45, 7) is 4.57. The second-order valence-electron chi connectivity index (χ2n) is 17.2. The Bertz CT molecular complexity index is 1070. The van der Waals surface area contributed by atoms with Gasteiger partial charge in [-0.3, -0.25) is 18.6 Å². The monoisotopic (exact) mass is 804 g/mol. The highest BCUT2D eigenvalue weighted by Crippen LogP contribution is 2.43. The quantitative estimate of drug-likeness (QED) is 0.0181. The first-order valence-electron chi connectivity index (χ1n) is 22.2. The van der Waals surface area contributed by atoms with Gasteiger partial charge in [-0.25, -0.2) is 4.57 Å². The lowest BCUT2D eigenvalue weighted by molar-refractivity contribution is -0.870. The van der Waals surface area contributed by atoms with Gasteiger partial charge in [-0.1, -0.05) is 148 Å². The Hall–Kier alpha value is -1.17. The van der Waals surface area contributed by atoms with Crippen LogP contribution in [0.15, 0.2) is 12.2 Å². The molecule has 0 radical (unpaired) electrons. The number of unbranched alkanes of at least 4 members (excludes halogenated alkanes) is 17. The smallest absolute Gasteiger partial charge is 0.392 e. The minimum Gasteiger partial charge on any atom is -0.392 e. The third-order valence-electron chi connectivity index (χ3n) is 10.9. The van der Waals surface area contributed by atoms with E-state index in [-0.39, 0.29) is 49.6 Å². The molecule has 324 valence electrons. The number of amides is 1. The molecule has 55 heavy (non-hydrogen) atoms. The number of nitrogens with one attached hydrogen (secondary N) is 1. The summed E-state index contributed by atoms with van der Waals surface area (Å²) in [5, 5.41) is 34.7. The first kappa shape index (κ1) is 51.8. The van der Waals surface area contributed by atoms with E-state index in [4.69, 9.17) is 9.05 Å². The summed E-state index contributed by atoms with van der Waals surface area (Å²) < 4.78 is 23.6. The van der Waals surface area contributed by atoms with E-state index in [0.29, 0.717) is 36.7 Å². The summed E-state index contributed by atoms with van der Waals surface area (Å²) in [4.78, 5) is 35.8. The number of carbonyl (C=O) groups is 2. The number of phosphoric ester groups is 1. The Morgan fingerprint density at radius 2 is 1.35 bits per heavy atom. The topological polar surface area (TPSA) is 163 Å². The van der Waals surface area contributed by atoms with Gasteiger partial charge in [-0.2, -0.15) is 0 Å². The molecule has 12 heteroatoms. The fourth-order valence-electron chi connectivity index (χ4n) is 7.30. The third-order valence-corrected chi connectivity index (χ3v) is 11.9. The van der Waals surface area contributed by atoms with Gasteiger partial charge in [0.25, 0.3) is 0 Å². The van der Waals surface area contributed by atoms with Gasteiger partial charge in [-0.05, 0) is 31.6 Å². The van der Waals surface area contributed by atoms with Crippen molar-refractivity contribution in [3.8, 4) is 0 Å². The van der Waals surface area contributed by atoms with E-state index in [9.17, 15) is 34.4 Å². The van der Waals surface area contributed by atoms with Crippen LogP contribution in [-0.4, -0.2) is 102 Å². The number of ketones is 1. The van der Waals surface area contributed by atoms with E-state index in [1.807, 2.05) is 21.1 Å². The summed E-state index contributed by atoms with van der Waals surface area (Å²) >= 11 is 0. The number of hydrogen-bond donors (Lipinski definition) is 5. The molecule has 7 atom stereocenters. The number of nitrogens with zero attached hydrogens (tertiary/aromatic N) is 1. The van der Waals surface area contributed by atoms with E-state index < -0.39 is 32.2 Å². The Morgan fingerprint density at radius 1 is 0.818 bits per heavy atom. The second-order valence-corrected chi connectivity index (χ2v) is 18.7. The maximum Gasteiger partial charge on any atom is 0.472 e. The molecule has 0 aromatic rings. The van der Waals surface area contributed by atoms with Gasteiger partial charge in [0.1, 0.15) is 18.9 Å². The Labute approximate surface area is 335 Å². The van der Waals surface area contributed by atoms with Crippen LogP contribution < -0.4 is 5.32 Å². The van der Waals surface area contributed by atoms with E-state index in [2.05, 4.69) is 19.2 Å². The van der Waals surface area contributed by atoms with E-state index in [1.54, 1.807) is 12.2 Å². The number of hydrogen-bond acceptors (Lipinski definition) is 8. The zero-order valence-corrected chi connectivity index (χ0v) is 36.5. The van der Waals surface area contributed by atoms with Crippen LogP contribution in [0.1, 0.15) is 174 Å². The minimum atomic E-state index is -4.38. The Kier molecular flexibility index (Phi) is 29.1. The number of likely N-dealkylation sites (N-methyl/N-ethyl adjacent to an activating group) is 1. The van der Waals surface area contributed by atoms with Crippen LogP contribution in [0, 0.1) is 11.8 Å². The molecule has 0 aliphatic heterocycles. The molecule has 1 aliphatic carbocycles. The molecule has 0 heterocycles. The van der Waals surface area contributed by atoms with Crippen LogP contribution in [0.4, 0.5) is 0 Å². The van der Waals surface area contributed by atoms with Crippen molar-refractivity contribution >= 4 is 19.5 Å². The second kappa shape index (κ2) is 30.8. The van der Waals surface area contributed by atoms with Gasteiger partial charge < -0.3 is 30.0 Å². The number of aliphatic hydroxyl groups is 3. The van der Waals surface area contributed by atoms with Crippen molar-refractivity contribution in [2.24, 2.45) is 11.8 Å². The van der Waals surface area contributed by atoms with E-state index >= 15 is 0 Å². The van der Waals surface area contributed by atoms with Gasteiger partial charge in [0.2, 0.25) is 5.91 Å². The average Bonchev–Trinajstić information content (AvgIpc) is 3.39. The van der Waals surface area contributed by atoms with Crippen molar-refractivity contribution < 1.29 is 47.9 Å². The maximum absolute atomic E-state index is 13.0. The molecular formula is C43H84N2O9P+. The Morgan fingerprint density at radius 3 is 1.95 bits per heavy atom. The summed E-state index contributed by atoms with van der Waals surface area (Å²) in [5.74, 6) is -0.763. The Balaban J connectivity index is 2.51. The van der Waals surface area contributed by atoms with E-state index in [1.165, 1.54) is 64.2 Å². The minimum absolute atomic E-state index is 0.0225. The zero-order chi connectivity index (χ0) is 41.0. The lowest BCUT2D eigenvalue weighted by Gasteiger charge is -2.26. The van der Waals surface area contributed by atoms with Crippen molar-refractivity contribution in [2.75, 3.05) is 40.9 Å². The average molecular weight is 804 g/mol. The predicted molar refractivity (Wildman–Crippen MR) is 222 cm³/mol. The van der Waals surface area contributed by atoms with Gasteiger partial charge >= 0.3 is 7.82 Å². The molecule has 11 nitrogen and oxygen atoms in total. The first-order chi connectivity index (χ1) is 26.2. The third kappa shape index (κ3) is 27.2. The molecule has 0 bridgehead atoms. The zero-order valence-electron chi connectivity index (χ0n) is 35.6. The van der Waals surface area contributed by atoms with Gasteiger partial charge in [0.15, 0.2) is 0 Å². The lowest BCUT2D eigenvalue weighted by Crippen LogP contribution is -2.46. The van der Waals surface area contributed by atoms with Crippen LogP contribution in [0.2, 0.25) is 0 Å². The standard InChI is InChI=1S/C43H83N2O9P/c1-6-8-10-11-12-13-14-15-16-17-18-19-24-28-40(47)39(35-54-55(51,52)53-33-32-45(3,4)5)44-43(50)29-25-21-20-23-27-37-38(42(49)34-41(37)48)31-30-36(46)26-22-9-7-2/h30-31,36-41,46-48H,6-29,32-35H2,1-5H3,(H-,44,50,51,52)/p+1/b31-30+/t36-,37+,38+,39-,40+,41-/m0/s1. The molecule has 1 fully saturated rings. The van der Waals surface area contributed by atoms with Crippen molar-refractivity contribution in [1.29, 1.82) is 0 Å². The fraction of sp³-hybridized carbons (Fsp3) is 0.907. The van der Waals surface area contributed by atoms with Crippen LogP contribution in [0.3, 0.4) is 0 Å². The van der Waals surface area contributed by atoms with Gasteiger partial charge in [0.05, 0.1) is 52.1 Å². The molecule has 1 aliphatic rings. The fourth-order valence-corrected chi connectivity index (χ4v) is 8.04. The highest BCUT2D eigenvalue weighted by molar-refractivity contribution is 7.47. The molecule has 0 saturated heterocycles. The van der Waals surface area contributed by atoms with Gasteiger partial charge in [0, 0.05) is 18.8 Å². The molecular weight excluding hydrogens is 719 g/mol. The molecule has 0 aromatic heterocycles. The van der Waals surface area contributed by atoms with Crippen LogP contribution in [0.5, 0.6) is 0 Å².